The van der Waals surface area contributed by atoms with Crippen LogP contribution in [0.1, 0.15) is 91.5 Å². The molecule has 36 heavy (non-hydrogen) atoms. The van der Waals surface area contributed by atoms with Crippen molar-refractivity contribution in [1.82, 2.24) is 24.3 Å². The van der Waals surface area contributed by atoms with Gasteiger partial charge in [-0.2, -0.15) is 0 Å². The van der Waals surface area contributed by atoms with Gasteiger partial charge in [0, 0.05) is 13.1 Å². The van der Waals surface area contributed by atoms with Crippen LogP contribution in [0.25, 0.3) is 0 Å². The van der Waals surface area contributed by atoms with Crippen LogP contribution in [0.3, 0.4) is 0 Å². The SMILES string of the molecule is C.C.C.CCN(CC)[SiH2]N(CC)CC.CCN(CC)[SiH]=O.CCNCC.CCNCC.C[SiH2]O.O.O. The molecule has 0 rings (SSSR count). The monoisotopic (exact) mass is 584 g/mol. The summed E-state index contributed by atoms with van der Waals surface area (Å²) in [5.74, 6) is 0. The predicted octanol–water partition coefficient (Wildman–Crippen LogP) is 1.30. The minimum Gasteiger partial charge on any atom is -0.438 e. The van der Waals surface area contributed by atoms with Gasteiger partial charge in [0.1, 0.15) is 0 Å². The maximum atomic E-state index is 10.1. The number of nitrogens with zero attached hydrogens (tertiary/aromatic N) is 3. The first kappa shape index (κ1) is 65.2. The molecule has 0 bridgehead atoms. The fourth-order valence-electron chi connectivity index (χ4n) is 2.00. The van der Waals surface area contributed by atoms with Gasteiger partial charge in [-0.15, -0.1) is 0 Å². The Morgan fingerprint density at radius 1 is 0.611 bits per heavy atom. The van der Waals surface area contributed by atoms with Crippen LogP contribution in [-0.2, 0) is 4.46 Å². The Balaban J connectivity index is -0.0000000301. The molecule has 0 aromatic rings. The van der Waals surface area contributed by atoms with E-state index in [1.165, 1.54) is 26.2 Å². The molecule has 0 saturated carbocycles. The third-order valence-corrected chi connectivity index (χ3v) is 7.77. The summed E-state index contributed by atoms with van der Waals surface area (Å²) in [7, 11) is -1.36. The van der Waals surface area contributed by atoms with E-state index in [-0.39, 0.29) is 43.1 Å². The Morgan fingerprint density at radius 2 is 0.833 bits per heavy atom. The van der Waals surface area contributed by atoms with Crippen LogP contribution in [0.5, 0.6) is 0 Å². The predicted molar refractivity (Wildman–Crippen MR) is 178 cm³/mol. The Bertz CT molecular complexity index is 262. The Kier molecular flexibility index (Phi) is 127. The number of hydrogen-bond donors (Lipinski definition) is 3. The maximum absolute atomic E-state index is 10.1. The molecule has 0 heterocycles. The van der Waals surface area contributed by atoms with E-state index in [0.29, 0.717) is 0 Å². The van der Waals surface area contributed by atoms with E-state index in [9.17, 15) is 4.46 Å². The highest BCUT2D eigenvalue weighted by Crippen LogP contribution is 1.89. The van der Waals surface area contributed by atoms with Gasteiger partial charge in [-0.3, -0.25) is 0 Å². The standard InChI is InChI=1S/C8H22N2Si.C4H11NOSi.2C4H11N.CH6OSi.3CH4.2H2O/c1-5-9(6-2)11-10(7-3)8-4;1-3-5(4-2)7-6;2*1-3-5-4-2;1-3-2;;;;;/h5-8,11H2,1-4H3;7H,3-4H2,1-2H3;2*5H,3-4H2,1-2H3;2H,3H2,1H3;3*1H4;2*1H2. The van der Waals surface area contributed by atoms with E-state index >= 15 is 0 Å². The molecule has 7 N–H and O–H groups in total. The van der Waals surface area contributed by atoms with Crippen LogP contribution in [0.2, 0.25) is 6.55 Å². The lowest BCUT2D eigenvalue weighted by atomic mass is 10.7. The summed E-state index contributed by atoms with van der Waals surface area (Å²) < 4.78 is 17.2. The summed E-state index contributed by atoms with van der Waals surface area (Å²) in [5.41, 5.74) is 0. The van der Waals surface area contributed by atoms with Gasteiger partial charge in [0.2, 0.25) is 0 Å². The molecule has 9 nitrogen and oxygen atoms in total. The molecule has 0 aromatic heterocycles. The molecule has 0 aliphatic heterocycles. The quantitative estimate of drug-likeness (QED) is 0.278. The van der Waals surface area contributed by atoms with Crippen LogP contribution < -0.4 is 10.6 Å². The summed E-state index contributed by atoms with van der Waals surface area (Å²) in [5, 5.41) is 6.22. The van der Waals surface area contributed by atoms with Crippen molar-refractivity contribution in [1.29, 1.82) is 0 Å². The summed E-state index contributed by atoms with van der Waals surface area (Å²) in [4.78, 5) is 7.71. The normalized spacial score (nSPS) is 8.28. The van der Waals surface area contributed by atoms with Crippen molar-refractivity contribution in [3.63, 3.8) is 0 Å². The van der Waals surface area contributed by atoms with E-state index < -0.39 is 19.3 Å². The van der Waals surface area contributed by atoms with Gasteiger partial charge in [0.15, 0.2) is 19.6 Å². The number of hydrogen-bond acceptors (Lipinski definition) is 6. The van der Waals surface area contributed by atoms with E-state index in [0.717, 1.165) is 39.3 Å². The average molecular weight is 584 g/mol. The molecule has 0 amide bonds. The van der Waals surface area contributed by atoms with Crippen molar-refractivity contribution in [2.75, 3.05) is 65.4 Å². The van der Waals surface area contributed by atoms with Gasteiger partial charge in [0.05, 0.1) is 0 Å². The average Bonchev–Trinajstić information content (AvgIpc) is 2.79. The second-order valence-corrected chi connectivity index (χ2v) is 9.95. The first-order chi connectivity index (χ1) is 14.9. The molecule has 0 fully saturated rings. The van der Waals surface area contributed by atoms with Crippen LogP contribution in [0.15, 0.2) is 0 Å². The van der Waals surface area contributed by atoms with Crippen molar-refractivity contribution >= 4 is 29.2 Å². The lowest BCUT2D eigenvalue weighted by Gasteiger charge is -2.26. The van der Waals surface area contributed by atoms with Crippen molar-refractivity contribution in [2.45, 2.75) is 98.1 Å². The van der Waals surface area contributed by atoms with Crippen LogP contribution >= 0.6 is 0 Å². The van der Waals surface area contributed by atoms with Crippen molar-refractivity contribution in [3.8, 4) is 0 Å². The van der Waals surface area contributed by atoms with E-state index in [1.807, 2.05) is 25.0 Å². The fraction of sp³-hybridized carbons (Fsp3) is 1.00. The summed E-state index contributed by atoms with van der Waals surface area (Å²) in [6, 6.07) is 0. The molecule has 0 unspecified atom stereocenters. The molecule has 12 heteroatoms. The topological polar surface area (TPSA) is 134 Å². The zero-order chi connectivity index (χ0) is 25.3. The lowest BCUT2D eigenvalue weighted by Crippen LogP contribution is -2.41. The molecule has 0 saturated heterocycles. The van der Waals surface area contributed by atoms with E-state index in [4.69, 9.17) is 4.80 Å². The van der Waals surface area contributed by atoms with Crippen molar-refractivity contribution < 1.29 is 20.2 Å². The highest BCUT2D eigenvalue weighted by Gasteiger charge is 2.04. The Labute approximate surface area is 237 Å². The molecular formula is C24H77N5O4Si3. The number of nitrogens with one attached hydrogen (secondary N) is 2. The minimum atomic E-state index is -0.678. The molecule has 0 aliphatic rings. The second-order valence-electron chi connectivity index (χ2n) is 6.31. The largest absolute Gasteiger partial charge is 0.438 e. The van der Waals surface area contributed by atoms with Crippen LogP contribution in [0, 0.1) is 0 Å². The van der Waals surface area contributed by atoms with Gasteiger partial charge in [-0.1, -0.05) is 84.2 Å². The number of rotatable bonds is 13. The minimum absolute atomic E-state index is 0. The van der Waals surface area contributed by atoms with E-state index in [2.05, 4.69) is 75.2 Å². The maximum Gasteiger partial charge on any atom is 0.379 e. The summed E-state index contributed by atoms with van der Waals surface area (Å²) >= 11 is 0. The zero-order valence-electron chi connectivity index (χ0n) is 24.3. The van der Waals surface area contributed by atoms with Crippen LogP contribution in [-0.4, -0.2) is 124 Å². The van der Waals surface area contributed by atoms with Gasteiger partial charge in [0.25, 0.3) is 0 Å². The first-order valence-electron chi connectivity index (χ1n) is 12.5. The summed E-state index contributed by atoms with van der Waals surface area (Å²) in [6.45, 7) is 34.3. The van der Waals surface area contributed by atoms with Gasteiger partial charge in [-0.25, -0.2) is 0 Å². The smallest absolute Gasteiger partial charge is 0.379 e. The molecular weight excluding hydrogens is 507 g/mol. The molecule has 234 valence electrons. The lowest BCUT2D eigenvalue weighted by molar-refractivity contribution is 0.401. The van der Waals surface area contributed by atoms with Crippen molar-refractivity contribution in [2.24, 2.45) is 0 Å². The third kappa shape index (κ3) is 76.5. The fourth-order valence-corrected chi connectivity index (χ4v) is 3.67. The molecule has 0 atom stereocenters. The van der Waals surface area contributed by atoms with Crippen molar-refractivity contribution in [3.05, 3.63) is 0 Å². The van der Waals surface area contributed by atoms with Gasteiger partial charge in [-0.05, 0) is 66.2 Å². The first-order valence-corrected chi connectivity index (χ1v) is 16.8. The Morgan fingerprint density at radius 3 is 0.889 bits per heavy atom. The molecule has 0 aliphatic carbocycles. The molecule has 0 spiro atoms. The third-order valence-electron chi connectivity index (χ3n) is 4.15. The summed E-state index contributed by atoms with van der Waals surface area (Å²) in [6.07, 6.45) is 0. The highest BCUT2D eigenvalue weighted by molar-refractivity contribution is 6.28. The van der Waals surface area contributed by atoms with E-state index in [1.54, 1.807) is 0 Å². The zero-order valence-corrected chi connectivity index (χ0v) is 28.2. The van der Waals surface area contributed by atoms with Gasteiger partial charge >= 0.3 is 9.57 Å². The molecule has 0 radical (unpaired) electrons. The van der Waals surface area contributed by atoms with Crippen LogP contribution in [0.4, 0.5) is 0 Å². The molecule has 0 aromatic carbocycles. The Hall–Kier alpha value is -0.0294. The second kappa shape index (κ2) is 70.2. The highest BCUT2D eigenvalue weighted by atomic mass is 28.2. The van der Waals surface area contributed by atoms with Gasteiger partial charge < -0.3 is 44.5 Å².